The highest BCUT2D eigenvalue weighted by Crippen LogP contribution is 2.27. The fourth-order valence-corrected chi connectivity index (χ4v) is 4.37. The number of amides is 1. The molecule has 0 saturated carbocycles. The Labute approximate surface area is 192 Å². The van der Waals surface area contributed by atoms with Gasteiger partial charge in [0.05, 0.1) is 12.5 Å². The molecule has 0 aliphatic rings. The number of carbonyl (C=O) groups is 1. The van der Waals surface area contributed by atoms with Gasteiger partial charge in [-0.3, -0.25) is 4.79 Å². The molecule has 5 nitrogen and oxygen atoms in total. The normalized spacial score (nSPS) is 12.1. The lowest BCUT2D eigenvalue weighted by Gasteiger charge is -2.20. The van der Waals surface area contributed by atoms with Gasteiger partial charge in [-0.25, -0.2) is 0 Å². The molecule has 10 heteroatoms. The van der Waals surface area contributed by atoms with Crippen molar-refractivity contribution < 1.29 is 18.0 Å². The van der Waals surface area contributed by atoms with Crippen LogP contribution in [0.4, 0.5) is 18.9 Å². The van der Waals surface area contributed by atoms with Gasteiger partial charge in [0.15, 0.2) is 5.11 Å². The number of thiophene rings is 1. The number of anilines is 1. The maximum atomic E-state index is 12.6. The van der Waals surface area contributed by atoms with Crippen LogP contribution < -0.4 is 16.0 Å². The number of hydrogen-bond acceptors (Lipinski definition) is 4. The summed E-state index contributed by atoms with van der Waals surface area (Å²) in [5.41, 5.74) is 1.60. The van der Waals surface area contributed by atoms with Crippen LogP contribution in [0.5, 0.6) is 0 Å². The van der Waals surface area contributed by atoms with Crippen molar-refractivity contribution in [2.45, 2.75) is 25.1 Å². The quantitative estimate of drug-likeness (QED) is 0.345. The van der Waals surface area contributed by atoms with Gasteiger partial charge < -0.3 is 16.0 Å². The van der Waals surface area contributed by atoms with Crippen LogP contribution in [0.2, 0.25) is 0 Å². The van der Waals surface area contributed by atoms with Gasteiger partial charge in [-0.05, 0) is 52.3 Å². The minimum absolute atomic E-state index is 0.137. The third-order valence-electron chi connectivity index (χ3n) is 4.57. The van der Waals surface area contributed by atoms with Crippen molar-refractivity contribution in [1.29, 1.82) is 5.26 Å². The smallest absolute Gasteiger partial charge is 0.350 e. The summed E-state index contributed by atoms with van der Waals surface area (Å²) in [4.78, 5) is 12.6. The molecule has 0 fully saturated rings. The van der Waals surface area contributed by atoms with E-state index >= 15 is 0 Å². The first kappa shape index (κ1) is 23.5. The third kappa shape index (κ3) is 6.67. The van der Waals surface area contributed by atoms with E-state index in [1.54, 1.807) is 11.3 Å². The molecule has 2 aromatic carbocycles. The van der Waals surface area contributed by atoms with Gasteiger partial charge in [-0.15, -0.1) is 11.3 Å². The molecule has 3 rings (SSSR count). The number of halogens is 3. The number of nitrogens with zero attached hydrogens (tertiary/aromatic N) is 1. The van der Waals surface area contributed by atoms with Gasteiger partial charge in [0.25, 0.3) is 0 Å². The Kier molecular flexibility index (Phi) is 7.66. The van der Waals surface area contributed by atoms with E-state index in [4.69, 9.17) is 17.5 Å². The zero-order chi connectivity index (χ0) is 23.1. The summed E-state index contributed by atoms with van der Waals surface area (Å²) in [6.07, 6.45) is -4.94. The summed E-state index contributed by atoms with van der Waals surface area (Å²) in [7, 11) is 0. The monoisotopic (exact) mass is 476 g/mol. The number of nitrogens with one attached hydrogen (secondary N) is 3. The van der Waals surface area contributed by atoms with Gasteiger partial charge in [-0.2, -0.15) is 18.4 Å². The maximum absolute atomic E-state index is 12.6. The van der Waals surface area contributed by atoms with Gasteiger partial charge in [-0.1, -0.05) is 30.3 Å². The fourth-order valence-electron chi connectivity index (χ4n) is 3.13. The van der Waals surface area contributed by atoms with Crippen LogP contribution in [-0.2, 0) is 17.6 Å². The predicted octanol–water partition coefficient (Wildman–Crippen LogP) is 4.54. The van der Waals surface area contributed by atoms with Crippen molar-refractivity contribution in [3.63, 3.8) is 0 Å². The first-order chi connectivity index (χ1) is 15.2. The Hall–Kier alpha value is -3.16. The molecule has 32 heavy (non-hydrogen) atoms. The van der Waals surface area contributed by atoms with Crippen LogP contribution in [0.3, 0.4) is 0 Å². The number of alkyl halides is 3. The zero-order valence-corrected chi connectivity index (χ0v) is 18.3. The molecule has 0 saturated heterocycles. The Balaban J connectivity index is 1.69. The molecule has 1 aromatic heterocycles. The second-order valence-corrected chi connectivity index (χ2v) is 8.30. The first-order valence-electron chi connectivity index (χ1n) is 9.58. The summed E-state index contributed by atoms with van der Waals surface area (Å²) >= 11 is 6.88. The molecule has 3 N–H and O–H groups in total. The van der Waals surface area contributed by atoms with Crippen LogP contribution in [0.25, 0.3) is 10.1 Å². The summed E-state index contributed by atoms with van der Waals surface area (Å²) in [5, 5.41) is 20.3. The van der Waals surface area contributed by atoms with Crippen molar-refractivity contribution in [3.8, 4) is 6.07 Å². The summed E-state index contributed by atoms with van der Waals surface area (Å²) in [6, 6.07) is 14.7. The Morgan fingerprint density at radius 3 is 2.56 bits per heavy atom. The van der Waals surface area contributed by atoms with Crippen molar-refractivity contribution in [2.24, 2.45) is 0 Å². The Morgan fingerprint density at radius 1 is 1.16 bits per heavy atom. The molecular formula is C22H19F3N4OS2. The van der Waals surface area contributed by atoms with E-state index in [1.165, 1.54) is 24.3 Å². The van der Waals surface area contributed by atoms with Crippen LogP contribution in [0.1, 0.15) is 11.1 Å². The lowest BCUT2D eigenvalue weighted by atomic mass is 10.0. The summed E-state index contributed by atoms with van der Waals surface area (Å²) in [5.74, 6) is -0.383. The molecule has 1 heterocycles. The van der Waals surface area contributed by atoms with Crippen LogP contribution in [-0.4, -0.2) is 29.8 Å². The first-order valence-corrected chi connectivity index (χ1v) is 10.9. The SMILES string of the molecule is N#CCNC(=O)C(Cc1csc2ccccc12)NC(=S)Nc1ccc(CC(F)(F)F)cc1. The van der Waals surface area contributed by atoms with E-state index in [9.17, 15) is 18.0 Å². The lowest BCUT2D eigenvalue weighted by molar-refractivity contribution is -0.127. The molecule has 1 amide bonds. The fraction of sp³-hybridized carbons (Fsp3) is 0.227. The van der Waals surface area contributed by atoms with Crippen LogP contribution in [0.15, 0.2) is 53.9 Å². The zero-order valence-electron chi connectivity index (χ0n) is 16.7. The van der Waals surface area contributed by atoms with E-state index in [0.29, 0.717) is 12.1 Å². The highest BCUT2D eigenvalue weighted by atomic mass is 32.1. The molecule has 166 valence electrons. The molecule has 0 radical (unpaired) electrons. The Morgan fingerprint density at radius 2 is 1.88 bits per heavy atom. The molecule has 1 unspecified atom stereocenters. The topological polar surface area (TPSA) is 77.0 Å². The molecule has 1 atom stereocenters. The molecule has 0 spiro atoms. The van der Waals surface area contributed by atoms with E-state index in [2.05, 4.69) is 16.0 Å². The maximum Gasteiger partial charge on any atom is 0.393 e. The molecule has 3 aromatic rings. The number of nitriles is 1. The number of benzene rings is 2. The number of carbonyl (C=O) groups excluding carboxylic acids is 1. The third-order valence-corrected chi connectivity index (χ3v) is 5.80. The summed E-state index contributed by atoms with van der Waals surface area (Å²) < 4.78 is 38.6. The molecular weight excluding hydrogens is 457 g/mol. The minimum atomic E-state index is -4.28. The van der Waals surface area contributed by atoms with E-state index in [0.717, 1.165) is 15.6 Å². The molecule has 0 bridgehead atoms. The number of thiocarbonyl (C=S) groups is 1. The van der Waals surface area contributed by atoms with E-state index < -0.39 is 18.6 Å². The van der Waals surface area contributed by atoms with Crippen LogP contribution in [0, 0.1) is 11.3 Å². The van der Waals surface area contributed by atoms with Gasteiger partial charge in [0.1, 0.15) is 12.6 Å². The molecule has 0 aliphatic heterocycles. The average molecular weight is 477 g/mol. The predicted molar refractivity (Wildman–Crippen MR) is 123 cm³/mol. The average Bonchev–Trinajstić information content (AvgIpc) is 3.15. The van der Waals surface area contributed by atoms with E-state index in [-0.39, 0.29) is 23.1 Å². The standard InChI is InChI=1S/C22H19F3N4OS2/c23-22(24,25)12-14-5-7-16(8-6-14)28-21(31)29-18(20(30)27-10-9-26)11-15-13-32-19-4-2-1-3-17(15)19/h1-8,13,18H,10-12H2,(H,27,30)(H2,28,29,31). The second kappa shape index (κ2) is 10.4. The van der Waals surface area contributed by atoms with Crippen molar-refractivity contribution in [2.75, 3.05) is 11.9 Å². The molecule has 0 aliphatic carbocycles. The van der Waals surface area contributed by atoms with Gasteiger partial charge in [0, 0.05) is 16.8 Å². The minimum Gasteiger partial charge on any atom is -0.350 e. The Bertz CT molecular complexity index is 1140. The lowest BCUT2D eigenvalue weighted by Crippen LogP contribution is -2.49. The number of rotatable bonds is 7. The second-order valence-electron chi connectivity index (χ2n) is 6.98. The number of hydrogen-bond donors (Lipinski definition) is 3. The van der Waals surface area contributed by atoms with E-state index in [1.807, 2.05) is 35.7 Å². The number of fused-ring (bicyclic) bond motifs is 1. The largest absolute Gasteiger partial charge is 0.393 e. The van der Waals surface area contributed by atoms with Gasteiger partial charge >= 0.3 is 6.18 Å². The highest BCUT2D eigenvalue weighted by Gasteiger charge is 2.27. The highest BCUT2D eigenvalue weighted by molar-refractivity contribution is 7.80. The van der Waals surface area contributed by atoms with Crippen LogP contribution >= 0.6 is 23.6 Å². The van der Waals surface area contributed by atoms with Crippen molar-refractivity contribution in [3.05, 3.63) is 65.0 Å². The van der Waals surface area contributed by atoms with Crippen molar-refractivity contribution in [1.82, 2.24) is 10.6 Å². The summed E-state index contributed by atoms with van der Waals surface area (Å²) in [6.45, 7) is -0.137. The van der Waals surface area contributed by atoms with Gasteiger partial charge in [0.2, 0.25) is 5.91 Å². The van der Waals surface area contributed by atoms with Crippen molar-refractivity contribution >= 4 is 50.3 Å².